The van der Waals surface area contributed by atoms with E-state index < -0.39 is 5.97 Å². The second-order valence-electron chi connectivity index (χ2n) is 4.12. The number of pyridine rings is 1. The number of ether oxygens (including phenoxy) is 1. The molecule has 0 aliphatic carbocycles. The number of carbonyl (C=O) groups is 1. The van der Waals surface area contributed by atoms with Crippen LogP contribution in [0.4, 0.5) is 5.69 Å². The van der Waals surface area contributed by atoms with Crippen molar-refractivity contribution in [2.24, 2.45) is 0 Å². The Labute approximate surface area is 125 Å². The molecule has 3 N–H and O–H groups in total. The van der Waals surface area contributed by atoms with Crippen LogP contribution in [0.5, 0.6) is 0 Å². The first-order valence-electron chi connectivity index (χ1n) is 6.18. The molecule has 8 heteroatoms. The van der Waals surface area contributed by atoms with Gasteiger partial charge in [0.05, 0.1) is 24.1 Å². The molecule has 21 heavy (non-hydrogen) atoms. The summed E-state index contributed by atoms with van der Waals surface area (Å²) < 4.78 is 4.92. The second kappa shape index (κ2) is 6.40. The van der Waals surface area contributed by atoms with E-state index in [-0.39, 0.29) is 23.4 Å². The molecule has 2 heterocycles. The van der Waals surface area contributed by atoms with E-state index in [1.165, 1.54) is 18.3 Å². The third kappa shape index (κ3) is 3.82. The van der Waals surface area contributed by atoms with Gasteiger partial charge in [0.25, 0.3) is 5.56 Å². The molecule has 2 rings (SSSR count). The van der Waals surface area contributed by atoms with Crippen LogP contribution in [-0.2, 0) is 4.74 Å². The predicted octanol–water partition coefficient (Wildman–Crippen LogP) is 1.38. The van der Waals surface area contributed by atoms with Crippen LogP contribution in [0, 0.1) is 6.92 Å². The lowest BCUT2D eigenvalue weighted by molar-refractivity contribution is 0.0527. The topological polar surface area (TPSA) is 111 Å². The fourth-order valence-corrected chi connectivity index (χ4v) is 2.41. The van der Waals surface area contributed by atoms with Crippen LogP contribution in [-0.4, -0.2) is 27.5 Å². The van der Waals surface area contributed by atoms with Gasteiger partial charge in [0.1, 0.15) is 5.03 Å². The van der Waals surface area contributed by atoms with Crippen molar-refractivity contribution < 1.29 is 9.53 Å². The van der Waals surface area contributed by atoms with E-state index in [1.54, 1.807) is 13.8 Å². The van der Waals surface area contributed by atoms with E-state index in [1.807, 2.05) is 0 Å². The molecule has 110 valence electrons. The van der Waals surface area contributed by atoms with E-state index in [2.05, 4.69) is 15.0 Å². The highest BCUT2D eigenvalue weighted by Crippen LogP contribution is 2.25. The molecule has 2 aromatic rings. The minimum Gasteiger partial charge on any atom is -0.462 e. The molecule has 0 aliphatic heterocycles. The fraction of sp³-hybridized carbons (Fsp3) is 0.231. The van der Waals surface area contributed by atoms with Crippen LogP contribution >= 0.6 is 11.8 Å². The molecule has 2 aromatic heterocycles. The van der Waals surface area contributed by atoms with Crippen LogP contribution in [0.25, 0.3) is 0 Å². The third-order valence-electron chi connectivity index (χ3n) is 2.45. The Bertz CT molecular complexity index is 730. The number of aromatic nitrogens is 3. The molecule has 7 nitrogen and oxygen atoms in total. The van der Waals surface area contributed by atoms with E-state index in [9.17, 15) is 9.59 Å². The normalized spacial score (nSPS) is 10.4. The number of aromatic amines is 1. The maximum absolute atomic E-state index is 11.8. The Morgan fingerprint density at radius 2 is 2.24 bits per heavy atom. The van der Waals surface area contributed by atoms with E-state index in [4.69, 9.17) is 10.5 Å². The first kappa shape index (κ1) is 15.0. The average molecular weight is 306 g/mol. The maximum Gasteiger partial charge on any atom is 0.340 e. The van der Waals surface area contributed by atoms with E-state index in [0.29, 0.717) is 15.9 Å². The molecule has 0 unspecified atom stereocenters. The summed E-state index contributed by atoms with van der Waals surface area (Å²) in [6, 6.07) is 2.91. The summed E-state index contributed by atoms with van der Waals surface area (Å²) in [4.78, 5) is 34.0. The Morgan fingerprint density at radius 1 is 1.48 bits per heavy atom. The summed E-state index contributed by atoms with van der Waals surface area (Å²) in [5.41, 5.74) is 6.55. The number of esters is 1. The van der Waals surface area contributed by atoms with Gasteiger partial charge in [-0.2, -0.15) is 0 Å². The fourth-order valence-electron chi connectivity index (χ4n) is 1.59. The molecular formula is C13H14N4O3S. The largest absolute Gasteiger partial charge is 0.462 e. The van der Waals surface area contributed by atoms with Crippen molar-refractivity contribution in [2.45, 2.75) is 24.0 Å². The van der Waals surface area contributed by atoms with Gasteiger partial charge in [-0.15, -0.1) is 0 Å². The van der Waals surface area contributed by atoms with Crippen molar-refractivity contribution in [3.05, 3.63) is 39.9 Å². The van der Waals surface area contributed by atoms with Gasteiger partial charge in [-0.25, -0.2) is 14.8 Å². The number of carbonyl (C=O) groups excluding carboxylic acids is 1. The quantitative estimate of drug-likeness (QED) is 0.648. The standard InChI is InChI=1S/C13H14N4O3S/c1-3-20-12(19)8-5-11(15-6-9(8)14)21-13-16-7(2)4-10(18)17-13/h4-6H,3,14H2,1-2H3,(H,16,17,18). The number of hydrogen-bond donors (Lipinski definition) is 2. The SMILES string of the molecule is CCOC(=O)c1cc(Sc2nc(C)cc(=O)[nH]2)ncc1N. The number of rotatable bonds is 4. The highest BCUT2D eigenvalue weighted by atomic mass is 32.2. The monoisotopic (exact) mass is 306 g/mol. The molecule has 0 aromatic carbocycles. The molecule has 0 spiro atoms. The number of aryl methyl sites for hydroxylation is 1. The minimum atomic E-state index is -0.509. The highest BCUT2D eigenvalue weighted by molar-refractivity contribution is 7.99. The number of nitrogens with zero attached hydrogens (tertiary/aromatic N) is 2. The molecule has 0 bridgehead atoms. The minimum absolute atomic E-state index is 0.239. The summed E-state index contributed by atoms with van der Waals surface area (Å²) in [5.74, 6) is -0.509. The number of nitrogens with one attached hydrogen (secondary N) is 1. The van der Waals surface area contributed by atoms with Gasteiger partial charge < -0.3 is 15.5 Å². The van der Waals surface area contributed by atoms with Gasteiger partial charge in [0, 0.05) is 11.8 Å². The number of hydrogen-bond acceptors (Lipinski definition) is 7. The lowest BCUT2D eigenvalue weighted by Gasteiger charge is -2.07. The number of anilines is 1. The first-order chi connectivity index (χ1) is 9.99. The molecular weight excluding hydrogens is 292 g/mol. The van der Waals surface area contributed by atoms with Crippen LogP contribution in [0.2, 0.25) is 0 Å². The van der Waals surface area contributed by atoms with Crippen LogP contribution in [0.15, 0.2) is 33.3 Å². The highest BCUT2D eigenvalue weighted by Gasteiger charge is 2.13. The van der Waals surface area contributed by atoms with Gasteiger partial charge in [0.2, 0.25) is 0 Å². The molecule has 0 aliphatic rings. The number of H-pyrrole nitrogens is 1. The van der Waals surface area contributed by atoms with Crippen molar-refractivity contribution in [3.63, 3.8) is 0 Å². The smallest absolute Gasteiger partial charge is 0.340 e. The van der Waals surface area contributed by atoms with Crippen molar-refractivity contribution in [1.29, 1.82) is 0 Å². The summed E-state index contributed by atoms with van der Waals surface area (Å²) in [6.07, 6.45) is 1.38. The Balaban J connectivity index is 2.30. The first-order valence-corrected chi connectivity index (χ1v) is 6.99. The lowest BCUT2D eigenvalue weighted by atomic mass is 10.2. The van der Waals surface area contributed by atoms with Crippen molar-refractivity contribution in [2.75, 3.05) is 12.3 Å². The van der Waals surface area contributed by atoms with Crippen LogP contribution in [0.3, 0.4) is 0 Å². The molecule has 0 radical (unpaired) electrons. The van der Waals surface area contributed by atoms with Crippen LogP contribution in [0.1, 0.15) is 23.0 Å². The zero-order chi connectivity index (χ0) is 15.4. The molecule has 0 saturated carbocycles. The van der Waals surface area contributed by atoms with Crippen molar-refractivity contribution >= 4 is 23.4 Å². The summed E-state index contributed by atoms with van der Waals surface area (Å²) >= 11 is 1.13. The van der Waals surface area contributed by atoms with Gasteiger partial charge in [-0.3, -0.25) is 4.79 Å². The molecule has 0 saturated heterocycles. The third-order valence-corrected chi connectivity index (χ3v) is 3.27. The maximum atomic E-state index is 11.8. The van der Waals surface area contributed by atoms with Gasteiger partial charge in [0.15, 0.2) is 5.16 Å². The zero-order valence-corrected chi connectivity index (χ0v) is 12.4. The molecule has 0 amide bonds. The Morgan fingerprint density at radius 3 is 2.90 bits per heavy atom. The Hall–Kier alpha value is -2.35. The molecule has 0 atom stereocenters. The van der Waals surface area contributed by atoms with Gasteiger partial charge >= 0.3 is 5.97 Å². The van der Waals surface area contributed by atoms with Crippen molar-refractivity contribution in [1.82, 2.24) is 15.0 Å². The second-order valence-corrected chi connectivity index (χ2v) is 5.13. The number of nitrogens with two attached hydrogens (primary N) is 1. The summed E-state index contributed by atoms with van der Waals surface area (Å²) in [5, 5.41) is 0.882. The molecule has 0 fully saturated rings. The van der Waals surface area contributed by atoms with Gasteiger partial charge in [-0.1, -0.05) is 0 Å². The van der Waals surface area contributed by atoms with E-state index in [0.717, 1.165) is 11.8 Å². The summed E-state index contributed by atoms with van der Waals surface area (Å²) in [7, 11) is 0. The summed E-state index contributed by atoms with van der Waals surface area (Å²) in [6.45, 7) is 3.70. The van der Waals surface area contributed by atoms with E-state index >= 15 is 0 Å². The average Bonchev–Trinajstić information content (AvgIpc) is 2.40. The lowest BCUT2D eigenvalue weighted by Crippen LogP contribution is -2.10. The Kier molecular flexibility index (Phi) is 4.59. The zero-order valence-electron chi connectivity index (χ0n) is 11.5. The van der Waals surface area contributed by atoms with Crippen molar-refractivity contribution in [3.8, 4) is 0 Å². The number of nitrogen functional groups attached to an aromatic ring is 1. The predicted molar refractivity (Wildman–Crippen MR) is 78.3 cm³/mol. The van der Waals surface area contributed by atoms with Gasteiger partial charge in [-0.05, 0) is 31.7 Å². The van der Waals surface area contributed by atoms with Crippen LogP contribution < -0.4 is 11.3 Å².